The molecule has 5 heteroatoms. The SMILES string of the molecule is COc1cc(/C=C/C(=O)NC(C)c2ccc3ccccc3c2)cc(OC)c1OC. The van der Waals surface area contributed by atoms with Gasteiger partial charge < -0.3 is 19.5 Å². The summed E-state index contributed by atoms with van der Waals surface area (Å²) in [6.07, 6.45) is 3.21. The minimum absolute atomic E-state index is 0.114. The summed E-state index contributed by atoms with van der Waals surface area (Å²) in [6, 6.07) is 17.8. The molecular weight excluding hydrogens is 366 g/mol. The molecule has 0 radical (unpaired) electrons. The van der Waals surface area contributed by atoms with Crippen LogP contribution in [0, 0.1) is 0 Å². The third-order valence-electron chi connectivity index (χ3n) is 4.75. The number of hydrogen-bond acceptors (Lipinski definition) is 4. The Morgan fingerprint density at radius 3 is 2.17 bits per heavy atom. The summed E-state index contributed by atoms with van der Waals surface area (Å²) in [5.41, 5.74) is 1.83. The normalized spacial score (nSPS) is 12.0. The molecule has 0 saturated heterocycles. The van der Waals surface area contributed by atoms with Crippen molar-refractivity contribution in [1.29, 1.82) is 0 Å². The fourth-order valence-corrected chi connectivity index (χ4v) is 3.19. The molecule has 150 valence electrons. The van der Waals surface area contributed by atoms with E-state index in [-0.39, 0.29) is 11.9 Å². The summed E-state index contributed by atoms with van der Waals surface area (Å²) >= 11 is 0. The van der Waals surface area contributed by atoms with Gasteiger partial charge in [0, 0.05) is 6.08 Å². The van der Waals surface area contributed by atoms with Crippen LogP contribution in [0.25, 0.3) is 16.8 Å². The van der Waals surface area contributed by atoms with Gasteiger partial charge in [0.2, 0.25) is 11.7 Å². The maximum atomic E-state index is 12.4. The molecule has 0 fully saturated rings. The minimum Gasteiger partial charge on any atom is -0.493 e. The van der Waals surface area contributed by atoms with Crippen LogP contribution >= 0.6 is 0 Å². The molecule has 0 bridgehead atoms. The lowest BCUT2D eigenvalue weighted by Gasteiger charge is -2.14. The fourth-order valence-electron chi connectivity index (χ4n) is 3.19. The number of methoxy groups -OCH3 is 3. The van der Waals surface area contributed by atoms with Crippen molar-refractivity contribution < 1.29 is 19.0 Å². The Morgan fingerprint density at radius 1 is 0.897 bits per heavy atom. The maximum absolute atomic E-state index is 12.4. The van der Waals surface area contributed by atoms with Gasteiger partial charge in [-0.2, -0.15) is 0 Å². The van der Waals surface area contributed by atoms with Crippen LogP contribution in [-0.2, 0) is 4.79 Å². The minimum atomic E-state index is -0.181. The summed E-state index contributed by atoms with van der Waals surface area (Å²) in [7, 11) is 4.67. The van der Waals surface area contributed by atoms with Gasteiger partial charge in [-0.3, -0.25) is 4.79 Å². The zero-order chi connectivity index (χ0) is 20.8. The Hall–Kier alpha value is -3.47. The van der Waals surface area contributed by atoms with E-state index in [0.717, 1.165) is 16.5 Å². The number of carbonyl (C=O) groups excluding carboxylic acids is 1. The first-order valence-electron chi connectivity index (χ1n) is 9.33. The zero-order valence-corrected chi connectivity index (χ0v) is 17.1. The van der Waals surface area contributed by atoms with E-state index in [9.17, 15) is 4.79 Å². The molecule has 0 heterocycles. The van der Waals surface area contributed by atoms with Crippen molar-refractivity contribution in [3.8, 4) is 17.2 Å². The Balaban J connectivity index is 1.73. The van der Waals surface area contributed by atoms with Crippen molar-refractivity contribution in [3.05, 3.63) is 71.8 Å². The molecule has 0 saturated carbocycles. The molecule has 0 aliphatic carbocycles. The predicted molar refractivity (Wildman–Crippen MR) is 116 cm³/mol. The van der Waals surface area contributed by atoms with E-state index in [0.29, 0.717) is 17.2 Å². The average Bonchev–Trinajstić information content (AvgIpc) is 2.76. The number of benzene rings is 3. The molecule has 1 N–H and O–H groups in total. The Morgan fingerprint density at radius 2 is 1.55 bits per heavy atom. The highest BCUT2D eigenvalue weighted by atomic mass is 16.5. The van der Waals surface area contributed by atoms with E-state index < -0.39 is 0 Å². The second kappa shape index (κ2) is 9.15. The summed E-state index contributed by atoms with van der Waals surface area (Å²) < 4.78 is 16.0. The first-order valence-corrected chi connectivity index (χ1v) is 9.33. The molecule has 1 amide bonds. The standard InChI is InChI=1S/C24H25NO4/c1-16(19-11-10-18-7-5-6-8-20(18)15-19)25-23(26)12-9-17-13-21(27-2)24(29-4)22(14-17)28-3/h5-16H,1-4H3,(H,25,26)/b12-9+. The van der Waals surface area contributed by atoms with Crippen molar-refractivity contribution in [2.75, 3.05) is 21.3 Å². The monoisotopic (exact) mass is 391 g/mol. The van der Waals surface area contributed by atoms with E-state index in [1.807, 2.05) is 25.1 Å². The second-order valence-corrected chi connectivity index (χ2v) is 6.63. The van der Waals surface area contributed by atoms with Crippen LogP contribution in [0.2, 0.25) is 0 Å². The summed E-state index contributed by atoms with van der Waals surface area (Å²) in [5, 5.41) is 5.33. The highest BCUT2D eigenvalue weighted by Gasteiger charge is 2.13. The van der Waals surface area contributed by atoms with Crippen LogP contribution in [0.3, 0.4) is 0 Å². The Labute approximate surface area is 170 Å². The number of carbonyl (C=O) groups is 1. The quantitative estimate of drug-likeness (QED) is 0.590. The third kappa shape index (κ3) is 4.69. The van der Waals surface area contributed by atoms with Crippen LogP contribution in [0.1, 0.15) is 24.1 Å². The number of ether oxygens (including phenoxy) is 3. The molecule has 0 aliphatic rings. The van der Waals surface area contributed by atoms with Crippen molar-refractivity contribution >= 4 is 22.8 Å². The van der Waals surface area contributed by atoms with Crippen LogP contribution in [0.5, 0.6) is 17.2 Å². The highest BCUT2D eigenvalue weighted by molar-refractivity contribution is 5.92. The summed E-state index contributed by atoms with van der Waals surface area (Å²) in [6.45, 7) is 1.97. The molecule has 3 aromatic carbocycles. The summed E-state index contributed by atoms with van der Waals surface area (Å²) in [4.78, 5) is 12.4. The van der Waals surface area contributed by atoms with Crippen LogP contribution in [-0.4, -0.2) is 27.2 Å². The first-order chi connectivity index (χ1) is 14.0. The second-order valence-electron chi connectivity index (χ2n) is 6.63. The Bertz CT molecular complexity index is 1020. The highest BCUT2D eigenvalue weighted by Crippen LogP contribution is 2.38. The lowest BCUT2D eigenvalue weighted by molar-refractivity contribution is -0.117. The van der Waals surface area contributed by atoms with Crippen molar-refractivity contribution in [1.82, 2.24) is 5.32 Å². The van der Waals surface area contributed by atoms with E-state index >= 15 is 0 Å². The van der Waals surface area contributed by atoms with E-state index in [4.69, 9.17) is 14.2 Å². The van der Waals surface area contributed by atoms with E-state index in [1.54, 1.807) is 39.5 Å². The first kappa shape index (κ1) is 20.3. The van der Waals surface area contributed by atoms with Gasteiger partial charge in [0.25, 0.3) is 0 Å². The molecule has 0 spiro atoms. The molecule has 3 aromatic rings. The lowest BCUT2D eigenvalue weighted by Crippen LogP contribution is -2.24. The van der Waals surface area contributed by atoms with Crippen molar-refractivity contribution in [2.45, 2.75) is 13.0 Å². The largest absolute Gasteiger partial charge is 0.493 e. The number of hydrogen-bond donors (Lipinski definition) is 1. The number of fused-ring (bicyclic) bond motifs is 1. The molecule has 0 aliphatic heterocycles. The average molecular weight is 391 g/mol. The molecule has 0 aromatic heterocycles. The fraction of sp³-hybridized carbons (Fsp3) is 0.208. The predicted octanol–water partition coefficient (Wildman–Crippen LogP) is 4.76. The van der Waals surface area contributed by atoms with Gasteiger partial charge in [0.1, 0.15) is 0 Å². The number of nitrogens with one attached hydrogen (secondary N) is 1. The molecule has 29 heavy (non-hydrogen) atoms. The Kier molecular flexibility index (Phi) is 6.39. The van der Waals surface area contributed by atoms with Gasteiger partial charge in [0.15, 0.2) is 11.5 Å². The van der Waals surface area contributed by atoms with Crippen LogP contribution in [0.15, 0.2) is 60.7 Å². The lowest BCUT2D eigenvalue weighted by atomic mass is 10.0. The molecule has 1 atom stereocenters. The van der Waals surface area contributed by atoms with E-state index in [1.165, 1.54) is 11.5 Å². The smallest absolute Gasteiger partial charge is 0.244 e. The van der Waals surface area contributed by atoms with Crippen molar-refractivity contribution in [3.63, 3.8) is 0 Å². The van der Waals surface area contributed by atoms with Gasteiger partial charge in [-0.1, -0.05) is 36.4 Å². The number of rotatable bonds is 7. The maximum Gasteiger partial charge on any atom is 0.244 e. The van der Waals surface area contributed by atoms with Gasteiger partial charge in [-0.15, -0.1) is 0 Å². The molecule has 5 nitrogen and oxygen atoms in total. The number of amides is 1. The molecular formula is C24H25NO4. The third-order valence-corrected chi connectivity index (χ3v) is 4.75. The van der Waals surface area contributed by atoms with Crippen molar-refractivity contribution in [2.24, 2.45) is 0 Å². The van der Waals surface area contributed by atoms with Crippen LogP contribution < -0.4 is 19.5 Å². The van der Waals surface area contributed by atoms with Gasteiger partial charge in [-0.25, -0.2) is 0 Å². The topological polar surface area (TPSA) is 56.8 Å². The van der Waals surface area contributed by atoms with Gasteiger partial charge in [0.05, 0.1) is 27.4 Å². The van der Waals surface area contributed by atoms with Gasteiger partial charge in [-0.05, 0) is 53.1 Å². The van der Waals surface area contributed by atoms with E-state index in [2.05, 4.69) is 29.6 Å². The van der Waals surface area contributed by atoms with Crippen LogP contribution in [0.4, 0.5) is 0 Å². The molecule has 1 unspecified atom stereocenters. The van der Waals surface area contributed by atoms with Gasteiger partial charge >= 0.3 is 0 Å². The zero-order valence-electron chi connectivity index (χ0n) is 17.1. The molecule has 3 rings (SSSR count). The summed E-state index contributed by atoms with van der Waals surface area (Å²) in [5.74, 6) is 1.41.